The number of carbonyl (C=O) groups is 3. The Morgan fingerprint density at radius 3 is 2.64 bits per heavy atom. The molecular weight excluding hydrogens is 326 g/mol. The van der Waals surface area contributed by atoms with Gasteiger partial charge in [0.2, 0.25) is 11.8 Å². The first-order valence-corrected chi connectivity index (χ1v) is 7.36. The van der Waals surface area contributed by atoms with Crippen LogP contribution < -0.4 is 15.8 Å². The Bertz CT molecular complexity index is 813. The molecule has 2 rings (SSSR count). The predicted molar refractivity (Wildman–Crippen MR) is 90.3 cm³/mol. The largest absolute Gasteiger partial charge is 0.468 e. The van der Waals surface area contributed by atoms with Crippen molar-refractivity contribution < 1.29 is 19.1 Å². The number of aryl methyl sites for hydroxylation is 1. The van der Waals surface area contributed by atoms with Gasteiger partial charge in [-0.1, -0.05) is 6.07 Å². The Morgan fingerprint density at radius 2 is 2.00 bits per heavy atom. The summed E-state index contributed by atoms with van der Waals surface area (Å²) in [7, 11) is 4.84. The minimum atomic E-state index is -0.588. The molecule has 0 saturated heterocycles. The van der Waals surface area contributed by atoms with Gasteiger partial charge in [-0.25, -0.2) is 4.68 Å². The summed E-state index contributed by atoms with van der Waals surface area (Å²) in [5.41, 5.74) is 6.02. The molecule has 0 aliphatic carbocycles. The molecule has 0 fully saturated rings. The Kier molecular flexibility index (Phi) is 5.38. The van der Waals surface area contributed by atoms with Crippen molar-refractivity contribution in [3.05, 3.63) is 41.6 Å². The van der Waals surface area contributed by atoms with E-state index in [4.69, 9.17) is 10.5 Å². The molecule has 0 bridgehead atoms. The van der Waals surface area contributed by atoms with Gasteiger partial charge >= 0.3 is 0 Å². The van der Waals surface area contributed by atoms with Crippen LogP contribution in [0.5, 0.6) is 5.88 Å². The summed E-state index contributed by atoms with van der Waals surface area (Å²) in [5, 5.41) is 6.67. The van der Waals surface area contributed by atoms with Crippen molar-refractivity contribution >= 4 is 23.4 Å². The highest BCUT2D eigenvalue weighted by Gasteiger charge is 2.15. The molecule has 1 aromatic heterocycles. The van der Waals surface area contributed by atoms with Gasteiger partial charge in [0.25, 0.3) is 11.8 Å². The number of hydrogen-bond donors (Lipinski definition) is 2. The van der Waals surface area contributed by atoms with Gasteiger partial charge < -0.3 is 20.7 Å². The van der Waals surface area contributed by atoms with E-state index in [1.165, 1.54) is 21.7 Å². The average Bonchev–Trinajstić information content (AvgIpc) is 2.93. The summed E-state index contributed by atoms with van der Waals surface area (Å²) in [4.78, 5) is 36.4. The van der Waals surface area contributed by atoms with Gasteiger partial charge in [-0.05, 0) is 18.2 Å². The highest BCUT2D eigenvalue weighted by atomic mass is 16.5. The van der Waals surface area contributed by atoms with Crippen LogP contribution in [0.2, 0.25) is 0 Å². The highest BCUT2D eigenvalue weighted by molar-refractivity contribution is 6.04. The summed E-state index contributed by atoms with van der Waals surface area (Å²) in [6.45, 7) is -0.158. The summed E-state index contributed by atoms with van der Waals surface area (Å²) < 4.78 is 6.72. The zero-order valence-electron chi connectivity index (χ0n) is 14.1. The molecule has 9 heteroatoms. The van der Waals surface area contributed by atoms with Gasteiger partial charge in [0.05, 0.1) is 0 Å². The molecule has 1 aromatic carbocycles. The lowest BCUT2D eigenvalue weighted by atomic mass is 10.2. The first-order valence-electron chi connectivity index (χ1n) is 7.36. The number of primary amides is 1. The molecule has 0 aliphatic rings. The molecule has 0 unspecified atom stereocenters. The predicted octanol–water partition coefficient (Wildman–Crippen LogP) is 0.238. The van der Waals surface area contributed by atoms with Crippen LogP contribution in [0.4, 0.5) is 5.69 Å². The maximum absolute atomic E-state index is 12.3. The van der Waals surface area contributed by atoms with E-state index in [2.05, 4.69) is 10.4 Å². The summed E-state index contributed by atoms with van der Waals surface area (Å²) in [5.74, 6) is -0.997. The molecule has 0 saturated carbocycles. The van der Waals surface area contributed by atoms with E-state index in [1.807, 2.05) is 0 Å². The number of nitrogens with two attached hydrogens (primary N) is 1. The number of carbonyl (C=O) groups excluding carboxylic acids is 3. The number of amides is 3. The van der Waals surface area contributed by atoms with Gasteiger partial charge in [-0.3, -0.25) is 14.4 Å². The number of rotatable bonds is 6. The zero-order chi connectivity index (χ0) is 18.6. The average molecular weight is 345 g/mol. The lowest BCUT2D eigenvalue weighted by Crippen LogP contribution is -2.27. The summed E-state index contributed by atoms with van der Waals surface area (Å²) in [6.07, 6.45) is 0. The zero-order valence-corrected chi connectivity index (χ0v) is 14.1. The van der Waals surface area contributed by atoms with Crippen LogP contribution in [-0.2, 0) is 11.8 Å². The smallest absolute Gasteiger partial charge is 0.276 e. The molecule has 1 heterocycles. The van der Waals surface area contributed by atoms with Crippen LogP contribution in [0.25, 0.3) is 0 Å². The van der Waals surface area contributed by atoms with Crippen LogP contribution in [0, 0.1) is 0 Å². The Morgan fingerprint density at radius 1 is 1.28 bits per heavy atom. The van der Waals surface area contributed by atoms with Crippen LogP contribution in [0.1, 0.15) is 20.8 Å². The number of anilines is 1. The fraction of sp³-hybridized carbons (Fsp3) is 0.250. The number of likely N-dealkylation sites (N-methyl/N-ethyl adjacent to an activating group) is 1. The van der Waals surface area contributed by atoms with E-state index in [0.717, 1.165) is 0 Å². The van der Waals surface area contributed by atoms with Crippen LogP contribution >= 0.6 is 0 Å². The van der Waals surface area contributed by atoms with Crippen molar-refractivity contribution in [2.75, 3.05) is 26.0 Å². The Labute approximate surface area is 144 Å². The van der Waals surface area contributed by atoms with E-state index >= 15 is 0 Å². The van der Waals surface area contributed by atoms with Gasteiger partial charge in [0.15, 0.2) is 12.3 Å². The van der Waals surface area contributed by atoms with E-state index in [1.54, 1.807) is 39.3 Å². The molecule has 2 aromatic rings. The van der Waals surface area contributed by atoms with E-state index in [0.29, 0.717) is 5.69 Å². The second-order valence-corrected chi connectivity index (χ2v) is 5.47. The van der Waals surface area contributed by atoms with Crippen molar-refractivity contribution in [3.63, 3.8) is 0 Å². The first-order chi connectivity index (χ1) is 11.8. The van der Waals surface area contributed by atoms with Gasteiger partial charge in [-0.2, -0.15) is 5.10 Å². The normalized spacial score (nSPS) is 10.2. The molecule has 132 valence electrons. The van der Waals surface area contributed by atoms with Crippen molar-refractivity contribution in [1.29, 1.82) is 0 Å². The fourth-order valence-electron chi connectivity index (χ4n) is 1.91. The van der Waals surface area contributed by atoms with Gasteiger partial charge in [0, 0.05) is 38.5 Å². The third-order valence-electron chi connectivity index (χ3n) is 3.32. The summed E-state index contributed by atoms with van der Waals surface area (Å²) in [6, 6.07) is 7.68. The molecular formula is C16H19N5O4. The molecule has 0 radical (unpaired) electrons. The third-order valence-corrected chi connectivity index (χ3v) is 3.32. The Hall–Kier alpha value is -3.36. The molecule has 3 amide bonds. The van der Waals surface area contributed by atoms with Crippen molar-refractivity contribution in [3.8, 4) is 5.88 Å². The number of nitrogens with one attached hydrogen (secondary N) is 1. The molecule has 0 atom stereocenters. The first kappa shape index (κ1) is 18.0. The number of nitrogens with zero attached hydrogens (tertiary/aromatic N) is 3. The van der Waals surface area contributed by atoms with Crippen molar-refractivity contribution in [2.24, 2.45) is 12.8 Å². The lowest BCUT2D eigenvalue weighted by molar-refractivity contribution is -0.130. The van der Waals surface area contributed by atoms with Crippen molar-refractivity contribution in [1.82, 2.24) is 14.7 Å². The van der Waals surface area contributed by atoms with Gasteiger partial charge in [-0.15, -0.1) is 0 Å². The minimum absolute atomic E-state index is 0.110. The summed E-state index contributed by atoms with van der Waals surface area (Å²) >= 11 is 0. The lowest BCUT2D eigenvalue weighted by Gasteiger charge is -2.10. The van der Waals surface area contributed by atoms with E-state index < -0.39 is 11.8 Å². The molecule has 25 heavy (non-hydrogen) atoms. The highest BCUT2D eigenvalue weighted by Crippen LogP contribution is 2.15. The fourth-order valence-corrected chi connectivity index (χ4v) is 1.91. The number of ether oxygens (including phenoxy) is 1. The topological polar surface area (TPSA) is 120 Å². The number of aromatic nitrogens is 2. The number of hydrogen-bond acceptors (Lipinski definition) is 5. The Balaban J connectivity index is 2.07. The van der Waals surface area contributed by atoms with E-state index in [-0.39, 0.29) is 29.7 Å². The molecule has 9 nitrogen and oxygen atoms in total. The molecule has 0 aliphatic heterocycles. The second-order valence-electron chi connectivity index (χ2n) is 5.47. The number of benzene rings is 1. The van der Waals surface area contributed by atoms with Crippen LogP contribution in [-0.4, -0.2) is 53.1 Å². The van der Waals surface area contributed by atoms with Crippen molar-refractivity contribution in [2.45, 2.75) is 0 Å². The quantitative estimate of drug-likeness (QED) is 0.777. The SMILES string of the molecule is CN(C)C(=O)COc1cc(C(=O)Nc2cccc(C(N)=O)c2)nn1C. The van der Waals surface area contributed by atoms with Gasteiger partial charge in [0.1, 0.15) is 0 Å². The third kappa shape index (κ3) is 4.56. The van der Waals surface area contributed by atoms with Crippen LogP contribution in [0.3, 0.4) is 0 Å². The molecule has 0 spiro atoms. The maximum Gasteiger partial charge on any atom is 0.276 e. The monoisotopic (exact) mass is 345 g/mol. The molecule has 3 N–H and O–H groups in total. The minimum Gasteiger partial charge on any atom is -0.468 e. The second kappa shape index (κ2) is 7.47. The maximum atomic E-state index is 12.3. The van der Waals surface area contributed by atoms with E-state index in [9.17, 15) is 14.4 Å². The standard InChI is InChI=1S/C16H19N5O4/c1-20(2)13(22)9-25-14-8-12(19-21(14)3)16(24)18-11-6-4-5-10(7-11)15(17)23/h4-8H,9H2,1-3H3,(H2,17,23)(H,18,24). The van der Waals surface area contributed by atoms with Crippen LogP contribution in [0.15, 0.2) is 30.3 Å².